The van der Waals surface area contributed by atoms with E-state index < -0.39 is 24.7 Å². The Bertz CT molecular complexity index is 186. The van der Waals surface area contributed by atoms with Crippen molar-refractivity contribution < 1.29 is 0 Å². The predicted molar refractivity (Wildman–Crippen MR) is 91.1 cm³/mol. The summed E-state index contributed by atoms with van der Waals surface area (Å²) in [4.78, 5) is 0. The zero-order valence-electron chi connectivity index (χ0n) is 12.2. The Morgan fingerprint density at radius 3 is 0.944 bits per heavy atom. The molecule has 0 aliphatic carbocycles. The molecule has 0 saturated carbocycles. The standard InChI is InChI=1S/C14H30Cl2Ge2/c1-17(15)11-7-3-5-9-13-18(2,16)14-10-6-4-8-12-17/h3-14H2,1-2H3. The van der Waals surface area contributed by atoms with E-state index in [1.54, 1.807) is 0 Å². The van der Waals surface area contributed by atoms with Crippen molar-refractivity contribution >= 4 is 44.7 Å². The third-order valence-corrected chi connectivity index (χ3v) is 19.9. The Labute approximate surface area is 128 Å². The molecule has 0 radical (unpaired) electrons. The summed E-state index contributed by atoms with van der Waals surface area (Å²) in [5, 5.41) is 5.50. The van der Waals surface area contributed by atoms with Gasteiger partial charge in [0.15, 0.2) is 0 Å². The summed E-state index contributed by atoms with van der Waals surface area (Å²) >= 11 is -3.73. The fraction of sp³-hybridized carbons (Fsp3) is 1.00. The van der Waals surface area contributed by atoms with Crippen LogP contribution in [0.1, 0.15) is 51.4 Å². The van der Waals surface area contributed by atoms with Crippen LogP contribution in [0.3, 0.4) is 0 Å². The zero-order chi connectivity index (χ0) is 13.5. The Morgan fingerprint density at radius 2 is 0.722 bits per heavy atom. The second-order valence-electron chi connectivity index (χ2n) is 6.66. The van der Waals surface area contributed by atoms with Crippen LogP contribution in [0, 0.1) is 0 Å². The van der Waals surface area contributed by atoms with Crippen LogP contribution in [-0.2, 0) is 0 Å². The van der Waals surface area contributed by atoms with Crippen LogP contribution in [0.25, 0.3) is 0 Å². The van der Waals surface area contributed by atoms with Gasteiger partial charge in [0.25, 0.3) is 0 Å². The minimum atomic E-state index is -1.86. The van der Waals surface area contributed by atoms with Crippen molar-refractivity contribution in [2.24, 2.45) is 0 Å². The molecule has 1 heterocycles. The first-order chi connectivity index (χ1) is 8.41. The van der Waals surface area contributed by atoms with E-state index >= 15 is 0 Å². The average Bonchev–Trinajstić information content (AvgIpc) is 2.27. The Hall–Kier alpha value is 1.67. The molecule has 18 heavy (non-hydrogen) atoms. The monoisotopic (exact) mass is 416 g/mol. The minimum absolute atomic E-state index is 1.38. The second kappa shape index (κ2) is 8.84. The third-order valence-electron chi connectivity index (χ3n) is 4.29. The van der Waals surface area contributed by atoms with Crippen LogP contribution in [0.5, 0.6) is 0 Å². The van der Waals surface area contributed by atoms with Gasteiger partial charge in [0.2, 0.25) is 0 Å². The van der Waals surface area contributed by atoms with Crippen LogP contribution in [0.15, 0.2) is 0 Å². The summed E-state index contributed by atoms with van der Waals surface area (Å²) in [5.41, 5.74) is 0. The maximum atomic E-state index is 6.76. The first kappa shape index (κ1) is 17.7. The number of rotatable bonds is 0. The molecule has 4 heteroatoms. The molecule has 1 aliphatic heterocycles. The van der Waals surface area contributed by atoms with Crippen molar-refractivity contribution in [3.8, 4) is 0 Å². The Balaban J connectivity index is 2.36. The molecule has 0 atom stereocenters. The molecule has 1 aliphatic rings. The number of hydrogen-bond acceptors (Lipinski definition) is 0. The summed E-state index contributed by atoms with van der Waals surface area (Å²) in [6.45, 7) is 0. The molecule has 0 amide bonds. The van der Waals surface area contributed by atoms with Crippen molar-refractivity contribution in [1.82, 2.24) is 0 Å². The fourth-order valence-electron chi connectivity index (χ4n) is 2.93. The van der Waals surface area contributed by atoms with Crippen molar-refractivity contribution in [3.63, 3.8) is 0 Å². The van der Waals surface area contributed by atoms with Gasteiger partial charge in [-0.2, -0.15) is 0 Å². The summed E-state index contributed by atoms with van der Waals surface area (Å²) in [7, 11) is 13.5. The average molecular weight is 415 g/mol. The van der Waals surface area contributed by atoms with Gasteiger partial charge < -0.3 is 0 Å². The molecule has 0 N–H and O–H groups in total. The number of hydrogen-bond donors (Lipinski definition) is 0. The SMILES string of the molecule is [CH3][Ge]1([Cl])[CH2]CCCC[CH2][Ge]([CH3])([Cl])[CH2]CCCC[CH2]1. The van der Waals surface area contributed by atoms with E-state index in [0.29, 0.717) is 0 Å². The third kappa shape index (κ3) is 8.76. The van der Waals surface area contributed by atoms with Gasteiger partial charge >= 0.3 is 129 Å². The Morgan fingerprint density at radius 1 is 0.500 bits per heavy atom. The van der Waals surface area contributed by atoms with Crippen LogP contribution < -0.4 is 0 Å². The second-order valence-corrected chi connectivity index (χ2v) is 32.2. The molecule has 0 aromatic rings. The van der Waals surface area contributed by atoms with E-state index in [1.165, 1.54) is 72.4 Å². The molecule has 0 aromatic heterocycles. The summed E-state index contributed by atoms with van der Waals surface area (Å²) < 4.78 is 0. The van der Waals surface area contributed by atoms with Crippen molar-refractivity contribution in [1.29, 1.82) is 0 Å². The van der Waals surface area contributed by atoms with Gasteiger partial charge in [0.05, 0.1) is 0 Å². The Kier molecular flexibility index (Phi) is 8.70. The molecule has 0 spiro atoms. The molecule has 1 saturated heterocycles. The first-order valence-corrected chi connectivity index (χ1v) is 23.4. The molecule has 108 valence electrons. The van der Waals surface area contributed by atoms with Gasteiger partial charge in [0, 0.05) is 0 Å². The fourth-order valence-corrected chi connectivity index (χ4v) is 15.0. The summed E-state index contributed by atoms with van der Waals surface area (Å²) in [6.07, 6.45) is 11.1. The molecule has 1 rings (SSSR count). The normalized spacial score (nSPS) is 38.0. The van der Waals surface area contributed by atoms with Crippen LogP contribution >= 0.6 is 20.0 Å². The van der Waals surface area contributed by atoms with E-state index in [2.05, 4.69) is 11.5 Å². The summed E-state index contributed by atoms with van der Waals surface area (Å²) in [6, 6.07) is 0. The van der Waals surface area contributed by atoms with E-state index in [-0.39, 0.29) is 0 Å². The van der Waals surface area contributed by atoms with E-state index in [1.807, 2.05) is 0 Å². The number of halogens is 2. The molecular formula is C14H30Cl2Ge2. The molecule has 0 unspecified atom stereocenters. The molecule has 0 bridgehead atoms. The summed E-state index contributed by atoms with van der Waals surface area (Å²) in [5.74, 6) is 4.83. The topological polar surface area (TPSA) is 0 Å². The van der Waals surface area contributed by atoms with Crippen molar-refractivity contribution in [2.75, 3.05) is 0 Å². The van der Waals surface area contributed by atoms with Crippen LogP contribution in [0.4, 0.5) is 0 Å². The van der Waals surface area contributed by atoms with E-state index in [4.69, 9.17) is 20.0 Å². The van der Waals surface area contributed by atoms with Gasteiger partial charge in [-0.1, -0.05) is 0 Å². The molecule has 0 nitrogen and oxygen atoms in total. The van der Waals surface area contributed by atoms with E-state index in [9.17, 15) is 0 Å². The maximum absolute atomic E-state index is 6.76. The molecular weight excluding hydrogens is 384 g/mol. The predicted octanol–water partition coefficient (Wildman–Crippen LogP) is 6.75. The zero-order valence-corrected chi connectivity index (χ0v) is 17.9. The van der Waals surface area contributed by atoms with Crippen LogP contribution in [0.2, 0.25) is 32.5 Å². The van der Waals surface area contributed by atoms with Gasteiger partial charge in [0.1, 0.15) is 0 Å². The quantitative estimate of drug-likeness (QED) is 0.385. The first-order valence-electron chi connectivity index (χ1n) is 7.79. The van der Waals surface area contributed by atoms with Crippen molar-refractivity contribution in [3.05, 3.63) is 0 Å². The van der Waals surface area contributed by atoms with Gasteiger partial charge in [-0.15, -0.1) is 0 Å². The van der Waals surface area contributed by atoms with Gasteiger partial charge in [-0.05, 0) is 0 Å². The molecule has 0 aromatic carbocycles. The van der Waals surface area contributed by atoms with Gasteiger partial charge in [-0.25, -0.2) is 0 Å². The van der Waals surface area contributed by atoms with E-state index in [0.717, 1.165) is 0 Å². The van der Waals surface area contributed by atoms with Crippen molar-refractivity contribution in [2.45, 2.75) is 83.9 Å². The van der Waals surface area contributed by atoms with Gasteiger partial charge in [-0.3, -0.25) is 0 Å². The van der Waals surface area contributed by atoms with Crippen LogP contribution in [-0.4, -0.2) is 24.7 Å². The molecule has 1 fully saturated rings.